The number of benzene rings is 1. The molecule has 0 radical (unpaired) electrons. The van der Waals surface area contributed by atoms with E-state index in [1.807, 2.05) is 0 Å². The zero-order valence-electron chi connectivity index (χ0n) is 14.3. The van der Waals surface area contributed by atoms with Crippen LogP contribution in [0.2, 0.25) is 4.34 Å². The number of hydrogen-bond donors (Lipinski definition) is 1. The van der Waals surface area contributed by atoms with E-state index >= 15 is 0 Å². The molecule has 0 spiro atoms. The fourth-order valence-electron chi connectivity index (χ4n) is 1.98. The highest BCUT2D eigenvalue weighted by Gasteiger charge is 2.24. The lowest BCUT2D eigenvalue weighted by Crippen LogP contribution is -2.39. The van der Waals surface area contributed by atoms with Crippen LogP contribution >= 0.6 is 22.9 Å². The molecule has 1 amide bonds. The van der Waals surface area contributed by atoms with Gasteiger partial charge >= 0.3 is 0 Å². The number of ether oxygens (including phenoxy) is 2. The number of amides is 1. The van der Waals surface area contributed by atoms with Gasteiger partial charge in [-0.2, -0.15) is 4.31 Å². The average Bonchev–Trinajstić information content (AvgIpc) is 3.06. The van der Waals surface area contributed by atoms with E-state index in [0.717, 1.165) is 15.6 Å². The summed E-state index contributed by atoms with van der Waals surface area (Å²) in [5, 5.41) is 2.62. The summed E-state index contributed by atoms with van der Waals surface area (Å²) in [6, 6.07) is 10.0. The summed E-state index contributed by atoms with van der Waals surface area (Å²) in [6.07, 6.45) is 0. The molecular formula is C16H19ClN2O5S2. The van der Waals surface area contributed by atoms with Gasteiger partial charge in [-0.15, -0.1) is 11.3 Å². The van der Waals surface area contributed by atoms with E-state index < -0.39 is 15.9 Å². The van der Waals surface area contributed by atoms with Crippen molar-refractivity contribution in [3.63, 3.8) is 0 Å². The van der Waals surface area contributed by atoms with E-state index in [1.165, 1.54) is 19.2 Å². The Bertz CT molecular complexity index is 854. The summed E-state index contributed by atoms with van der Waals surface area (Å²) in [5.74, 6) is 0.868. The van der Waals surface area contributed by atoms with Gasteiger partial charge in [-0.1, -0.05) is 17.7 Å². The van der Waals surface area contributed by atoms with Gasteiger partial charge in [0.2, 0.25) is 5.91 Å². The normalized spacial score (nSPS) is 11.4. The van der Waals surface area contributed by atoms with Crippen molar-refractivity contribution in [2.24, 2.45) is 0 Å². The van der Waals surface area contributed by atoms with E-state index in [0.29, 0.717) is 15.8 Å². The lowest BCUT2D eigenvalue weighted by atomic mass is 10.3. The molecule has 0 bridgehead atoms. The summed E-state index contributed by atoms with van der Waals surface area (Å²) >= 11 is 6.71. The molecule has 1 aromatic heterocycles. The largest absolute Gasteiger partial charge is 0.497 e. The number of nitrogens with one attached hydrogen (secondary N) is 1. The molecule has 0 saturated heterocycles. The van der Waals surface area contributed by atoms with E-state index in [4.69, 9.17) is 21.1 Å². The summed E-state index contributed by atoms with van der Waals surface area (Å²) < 4.78 is 36.7. The van der Waals surface area contributed by atoms with Crippen LogP contribution in [0, 0.1) is 0 Å². The van der Waals surface area contributed by atoms with Crippen LogP contribution in [0.1, 0.15) is 0 Å². The van der Waals surface area contributed by atoms with Gasteiger partial charge in [0.1, 0.15) is 22.3 Å². The van der Waals surface area contributed by atoms with Gasteiger partial charge in [-0.3, -0.25) is 4.79 Å². The minimum atomic E-state index is -3.73. The molecule has 0 fully saturated rings. The molecule has 0 aliphatic heterocycles. The van der Waals surface area contributed by atoms with Gasteiger partial charge in [0.25, 0.3) is 10.0 Å². The maximum Gasteiger partial charge on any atom is 0.252 e. The fourth-order valence-corrected chi connectivity index (χ4v) is 4.80. The van der Waals surface area contributed by atoms with Crippen LogP contribution in [0.15, 0.2) is 40.6 Å². The number of carbonyl (C=O) groups is 1. The summed E-state index contributed by atoms with van der Waals surface area (Å²) in [5.41, 5.74) is 0. The van der Waals surface area contributed by atoms with Crippen molar-refractivity contribution in [1.82, 2.24) is 9.62 Å². The van der Waals surface area contributed by atoms with E-state index in [9.17, 15) is 13.2 Å². The van der Waals surface area contributed by atoms with Crippen LogP contribution in [0.5, 0.6) is 11.5 Å². The first-order chi connectivity index (χ1) is 12.3. The molecule has 0 saturated carbocycles. The standard InChI is InChI=1S/C16H19ClN2O5S2/c1-19(26(21,22)16-7-6-14(17)25-16)11-15(20)18-8-9-24-13-5-3-4-12(10-13)23-2/h3-7,10H,8-9,11H2,1-2H3,(H,18,20). The smallest absolute Gasteiger partial charge is 0.252 e. The number of carbonyl (C=O) groups excluding carboxylic acids is 1. The van der Waals surface area contributed by atoms with Gasteiger partial charge in [-0.25, -0.2) is 8.42 Å². The average molecular weight is 419 g/mol. The third kappa shape index (κ3) is 5.60. The Labute approximate surface area is 161 Å². The third-order valence-corrected chi connectivity index (χ3v) is 6.82. The highest BCUT2D eigenvalue weighted by Crippen LogP contribution is 2.27. The summed E-state index contributed by atoms with van der Waals surface area (Å²) in [6.45, 7) is 0.196. The topological polar surface area (TPSA) is 84.9 Å². The Balaban J connectivity index is 1.77. The maximum absolute atomic E-state index is 12.3. The molecule has 10 heteroatoms. The van der Waals surface area contributed by atoms with Crippen LogP contribution in [0.4, 0.5) is 0 Å². The first-order valence-electron chi connectivity index (χ1n) is 7.58. The van der Waals surface area contributed by atoms with Crippen LogP contribution in [-0.4, -0.2) is 52.5 Å². The molecule has 0 atom stereocenters. The highest BCUT2D eigenvalue weighted by atomic mass is 35.5. The zero-order valence-corrected chi connectivity index (χ0v) is 16.7. The molecule has 2 aromatic rings. The van der Waals surface area contributed by atoms with Crippen molar-refractivity contribution in [1.29, 1.82) is 0 Å². The Kier molecular flexibility index (Phi) is 7.27. The zero-order chi connectivity index (χ0) is 19.2. The van der Waals surface area contributed by atoms with Crippen molar-refractivity contribution in [2.75, 3.05) is 33.9 Å². The fraction of sp³-hybridized carbons (Fsp3) is 0.312. The van der Waals surface area contributed by atoms with E-state index in [1.54, 1.807) is 31.4 Å². The minimum Gasteiger partial charge on any atom is -0.497 e. The SMILES string of the molecule is COc1cccc(OCCNC(=O)CN(C)S(=O)(=O)c2ccc(Cl)s2)c1. The van der Waals surface area contributed by atoms with Gasteiger partial charge in [0, 0.05) is 13.1 Å². The predicted molar refractivity (Wildman–Crippen MR) is 101 cm³/mol. The lowest BCUT2D eigenvalue weighted by molar-refractivity contribution is -0.121. The second-order valence-corrected chi connectivity index (χ2v) is 9.18. The summed E-state index contributed by atoms with van der Waals surface area (Å²) in [4.78, 5) is 11.9. The Hall–Kier alpha value is -1.81. The number of rotatable bonds is 9. The number of sulfonamides is 1. The molecule has 142 valence electrons. The molecule has 1 aromatic carbocycles. The van der Waals surface area contributed by atoms with Gasteiger partial charge in [0.05, 0.1) is 24.5 Å². The number of nitrogens with zero attached hydrogens (tertiary/aromatic N) is 1. The minimum absolute atomic E-state index is 0.0964. The Morgan fingerprint density at radius 3 is 2.65 bits per heavy atom. The van der Waals surface area contributed by atoms with Gasteiger partial charge < -0.3 is 14.8 Å². The molecule has 26 heavy (non-hydrogen) atoms. The van der Waals surface area contributed by atoms with Gasteiger partial charge in [-0.05, 0) is 24.3 Å². The molecule has 1 N–H and O–H groups in total. The quantitative estimate of drug-likeness (QED) is 0.631. The molecular weight excluding hydrogens is 400 g/mol. The van der Waals surface area contributed by atoms with Crippen molar-refractivity contribution in [2.45, 2.75) is 4.21 Å². The van der Waals surface area contributed by atoms with E-state index in [-0.39, 0.29) is 23.9 Å². The van der Waals surface area contributed by atoms with Crippen molar-refractivity contribution in [3.8, 4) is 11.5 Å². The Morgan fingerprint density at radius 2 is 2.00 bits per heavy atom. The number of thiophene rings is 1. The second-order valence-electron chi connectivity index (χ2n) is 5.20. The molecule has 0 unspecified atom stereocenters. The maximum atomic E-state index is 12.3. The number of methoxy groups -OCH3 is 1. The Morgan fingerprint density at radius 1 is 1.27 bits per heavy atom. The molecule has 1 heterocycles. The first-order valence-corrected chi connectivity index (χ1v) is 10.2. The molecule has 0 aliphatic carbocycles. The van der Waals surface area contributed by atoms with E-state index in [2.05, 4.69) is 5.32 Å². The first kappa shape index (κ1) is 20.5. The van der Waals surface area contributed by atoms with Crippen molar-refractivity contribution < 1.29 is 22.7 Å². The molecule has 7 nitrogen and oxygen atoms in total. The number of halogens is 1. The predicted octanol–water partition coefficient (Wildman–Crippen LogP) is 2.23. The second kappa shape index (κ2) is 9.22. The number of hydrogen-bond acceptors (Lipinski definition) is 6. The van der Waals surface area contributed by atoms with Crippen molar-refractivity contribution in [3.05, 3.63) is 40.7 Å². The van der Waals surface area contributed by atoms with Crippen molar-refractivity contribution >= 4 is 38.9 Å². The summed E-state index contributed by atoms with van der Waals surface area (Å²) in [7, 11) is -0.827. The van der Waals surface area contributed by atoms with Crippen LogP contribution in [-0.2, 0) is 14.8 Å². The molecule has 2 rings (SSSR count). The highest BCUT2D eigenvalue weighted by molar-refractivity contribution is 7.91. The number of likely N-dealkylation sites (N-methyl/N-ethyl adjacent to an activating group) is 1. The van der Waals surface area contributed by atoms with Crippen LogP contribution < -0.4 is 14.8 Å². The van der Waals surface area contributed by atoms with Crippen LogP contribution in [0.25, 0.3) is 0 Å². The van der Waals surface area contributed by atoms with Gasteiger partial charge in [0.15, 0.2) is 0 Å². The lowest BCUT2D eigenvalue weighted by Gasteiger charge is -2.15. The monoisotopic (exact) mass is 418 g/mol. The third-order valence-electron chi connectivity index (χ3n) is 3.31. The molecule has 0 aliphatic rings. The van der Waals surface area contributed by atoms with Crippen LogP contribution in [0.3, 0.4) is 0 Å².